The Balaban J connectivity index is 2.07. The van der Waals surface area contributed by atoms with Gasteiger partial charge in [0, 0.05) is 11.1 Å². The van der Waals surface area contributed by atoms with Crippen molar-refractivity contribution in [1.82, 2.24) is 5.43 Å². The molecule has 0 aromatic heterocycles. The number of aliphatic imine (C=N–C) groups is 2. The SMILES string of the molecule is CC(Cl)C(CCl)=NNC1=Nc2ccc(C(F)(F)F)cc2C(c2ccccc2)=NC1. The molecule has 1 heterocycles. The molecule has 0 radical (unpaired) electrons. The van der Waals surface area contributed by atoms with Crippen molar-refractivity contribution in [1.29, 1.82) is 0 Å². The standard InChI is InChI=1S/C20H17Cl2F3N4/c1-12(22)17(10-21)28-29-18-11-26-19(13-5-3-2-4-6-13)15-9-14(20(23,24)25)7-8-16(15)27-18/h2-9,12H,10-11H2,1H3,(H,27,29). The van der Waals surface area contributed by atoms with E-state index < -0.39 is 11.7 Å². The van der Waals surface area contributed by atoms with Gasteiger partial charge >= 0.3 is 6.18 Å². The summed E-state index contributed by atoms with van der Waals surface area (Å²) in [7, 11) is 0. The van der Waals surface area contributed by atoms with Crippen LogP contribution < -0.4 is 5.43 Å². The zero-order valence-electron chi connectivity index (χ0n) is 15.3. The van der Waals surface area contributed by atoms with Gasteiger partial charge in [0.25, 0.3) is 0 Å². The topological polar surface area (TPSA) is 49.1 Å². The minimum atomic E-state index is -4.47. The molecule has 0 saturated carbocycles. The zero-order valence-corrected chi connectivity index (χ0v) is 16.9. The fourth-order valence-electron chi connectivity index (χ4n) is 2.68. The first-order chi connectivity index (χ1) is 13.8. The largest absolute Gasteiger partial charge is 0.416 e. The van der Waals surface area contributed by atoms with Crippen LogP contribution >= 0.6 is 23.2 Å². The van der Waals surface area contributed by atoms with Crippen molar-refractivity contribution in [3.05, 3.63) is 65.2 Å². The lowest BCUT2D eigenvalue weighted by Gasteiger charge is -2.12. The van der Waals surface area contributed by atoms with Gasteiger partial charge in [-0.3, -0.25) is 10.4 Å². The number of halogens is 5. The molecule has 9 heteroatoms. The number of hydrogen-bond donors (Lipinski definition) is 1. The maximum Gasteiger partial charge on any atom is 0.416 e. The van der Waals surface area contributed by atoms with E-state index in [2.05, 4.69) is 20.5 Å². The van der Waals surface area contributed by atoms with Gasteiger partial charge in [-0.2, -0.15) is 18.3 Å². The second-order valence-corrected chi connectivity index (χ2v) is 7.21. The molecule has 29 heavy (non-hydrogen) atoms. The molecule has 0 fully saturated rings. The van der Waals surface area contributed by atoms with E-state index in [1.54, 1.807) is 31.2 Å². The van der Waals surface area contributed by atoms with Crippen LogP contribution in [0.4, 0.5) is 18.9 Å². The minimum absolute atomic E-state index is 0.107. The highest BCUT2D eigenvalue weighted by molar-refractivity contribution is 6.39. The van der Waals surface area contributed by atoms with E-state index >= 15 is 0 Å². The first-order valence-electron chi connectivity index (χ1n) is 8.71. The monoisotopic (exact) mass is 440 g/mol. The van der Waals surface area contributed by atoms with Crippen molar-refractivity contribution in [2.45, 2.75) is 18.5 Å². The molecule has 0 bridgehead atoms. The molecule has 3 rings (SSSR count). The molecular weight excluding hydrogens is 424 g/mol. The van der Waals surface area contributed by atoms with E-state index in [1.165, 1.54) is 6.07 Å². The molecule has 0 amide bonds. The number of hydrazone groups is 1. The summed E-state index contributed by atoms with van der Waals surface area (Å²) in [4.78, 5) is 8.94. The molecule has 0 aliphatic carbocycles. The van der Waals surface area contributed by atoms with E-state index in [4.69, 9.17) is 23.2 Å². The number of hydrogen-bond acceptors (Lipinski definition) is 4. The Morgan fingerprint density at radius 1 is 1.21 bits per heavy atom. The number of rotatable bonds is 4. The molecule has 2 aromatic rings. The van der Waals surface area contributed by atoms with E-state index in [-0.39, 0.29) is 17.8 Å². The lowest BCUT2D eigenvalue weighted by Crippen LogP contribution is -2.25. The molecule has 4 nitrogen and oxygen atoms in total. The van der Waals surface area contributed by atoms with Crippen molar-refractivity contribution >= 4 is 46.1 Å². The molecule has 1 unspecified atom stereocenters. The Morgan fingerprint density at radius 2 is 1.93 bits per heavy atom. The highest BCUT2D eigenvalue weighted by Crippen LogP contribution is 2.34. The zero-order chi connectivity index (χ0) is 21.0. The van der Waals surface area contributed by atoms with Crippen LogP contribution in [-0.4, -0.2) is 35.1 Å². The fourth-order valence-corrected chi connectivity index (χ4v) is 3.18. The normalized spacial score (nSPS) is 15.7. The quantitative estimate of drug-likeness (QED) is 0.386. The Bertz CT molecular complexity index is 967. The molecule has 0 saturated heterocycles. The van der Waals surface area contributed by atoms with Gasteiger partial charge in [-0.15, -0.1) is 23.2 Å². The highest BCUT2D eigenvalue weighted by atomic mass is 35.5. The van der Waals surface area contributed by atoms with Gasteiger partial charge in [-0.1, -0.05) is 30.3 Å². The third-order valence-electron chi connectivity index (χ3n) is 4.19. The van der Waals surface area contributed by atoms with Gasteiger partial charge in [-0.05, 0) is 25.1 Å². The summed E-state index contributed by atoms with van der Waals surface area (Å²) in [6.07, 6.45) is -4.47. The summed E-state index contributed by atoms with van der Waals surface area (Å²) < 4.78 is 39.8. The molecule has 1 N–H and O–H groups in total. The van der Waals surface area contributed by atoms with E-state index in [1.807, 2.05) is 6.07 Å². The Labute approximate surface area is 176 Å². The Hall–Kier alpha value is -2.38. The van der Waals surface area contributed by atoms with E-state index in [9.17, 15) is 13.2 Å². The lowest BCUT2D eigenvalue weighted by atomic mass is 9.98. The van der Waals surface area contributed by atoms with E-state index in [0.717, 1.165) is 12.1 Å². The number of benzene rings is 2. The van der Waals surface area contributed by atoms with Gasteiger partial charge in [0.2, 0.25) is 0 Å². The van der Waals surface area contributed by atoms with Gasteiger partial charge in [0.15, 0.2) is 0 Å². The van der Waals surface area contributed by atoms with Crippen LogP contribution in [0.1, 0.15) is 23.6 Å². The van der Waals surface area contributed by atoms with Crippen LogP contribution in [0.5, 0.6) is 0 Å². The third kappa shape index (κ3) is 5.16. The van der Waals surface area contributed by atoms with Gasteiger partial charge in [0.1, 0.15) is 5.84 Å². The van der Waals surface area contributed by atoms with Gasteiger partial charge < -0.3 is 0 Å². The van der Waals surface area contributed by atoms with Crippen molar-refractivity contribution in [3.63, 3.8) is 0 Å². The van der Waals surface area contributed by atoms with Crippen LogP contribution in [0.3, 0.4) is 0 Å². The van der Waals surface area contributed by atoms with E-state index in [0.29, 0.717) is 34.1 Å². The average molecular weight is 441 g/mol. The van der Waals surface area contributed by atoms with Crippen LogP contribution in [0.2, 0.25) is 0 Å². The molecule has 152 valence electrons. The average Bonchev–Trinajstić information content (AvgIpc) is 2.87. The second-order valence-electron chi connectivity index (χ2n) is 6.28. The summed E-state index contributed by atoms with van der Waals surface area (Å²) >= 11 is 11.8. The number of alkyl halides is 5. The smallest absolute Gasteiger partial charge is 0.276 e. The predicted molar refractivity (Wildman–Crippen MR) is 112 cm³/mol. The van der Waals surface area contributed by atoms with Crippen molar-refractivity contribution in [2.24, 2.45) is 15.1 Å². The third-order valence-corrected chi connectivity index (χ3v) is 4.72. The van der Waals surface area contributed by atoms with Crippen LogP contribution in [0.25, 0.3) is 0 Å². The van der Waals surface area contributed by atoms with Crippen LogP contribution in [0, 0.1) is 0 Å². The number of nitrogens with zero attached hydrogens (tertiary/aromatic N) is 3. The molecule has 1 atom stereocenters. The maximum atomic E-state index is 13.3. The molecule has 2 aromatic carbocycles. The number of amidine groups is 1. The predicted octanol–water partition coefficient (Wildman–Crippen LogP) is 5.40. The van der Waals surface area contributed by atoms with Crippen molar-refractivity contribution in [3.8, 4) is 0 Å². The summed E-state index contributed by atoms with van der Waals surface area (Å²) in [5, 5.41) is 3.78. The molecular formula is C20H17Cl2F3N4. The second kappa shape index (κ2) is 8.97. The van der Waals surface area contributed by atoms with Gasteiger partial charge in [0.05, 0.1) is 40.5 Å². The Kier molecular flexibility index (Phi) is 6.59. The Morgan fingerprint density at radius 3 is 2.55 bits per heavy atom. The molecule has 0 spiro atoms. The molecule has 1 aliphatic rings. The van der Waals surface area contributed by atoms with Gasteiger partial charge in [-0.25, -0.2) is 4.99 Å². The lowest BCUT2D eigenvalue weighted by molar-refractivity contribution is -0.137. The van der Waals surface area contributed by atoms with Crippen molar-refractivity contribution < 1.29 is 13.2 Å². The summed E-state index contributed by atoms with van der Waals surface area (Å²) in [5.41, 5.74) is 4.34. The number of fused-ring (bicyclic) bond motifs is 1. The number of nitrogens with one attached hydrogen (secondary N) is 1. The summed E-state index contributed by atoms with van der Waals surface area (Å²) in [6.45, 7) is 1.84. The van der Waals surface area contributed by atoms with Crippen molar-refractivity contribution in [2.75, 3.05) is 12.4 Å². The highest BCUT2D eigenvalue weighted by Gasteiger charge is 2.32. The van der Waals surface area contributed by atoms with Crippen LogP contribution in [-0.2, 0) is 6.18 Å². The summed E-state index contributed by atoms with van der Waals surface area (Å²) in [6, 6.07) is 12.4. The van der Waals surface area contributed by atoms with Crippen LogP contribution in [0.15, 0.2) is 63.6 Å². The minimum Gasteiger partial charge on any atom is -0.276 e. The first-order valence-corrected chi connectivity index (χ1v) is 9.68. The fraction of sp³-hybridized carbons (Fsp3) is 0.250. The molecule has 1 aliphatic heterocycles. The summed E-state index contributed by atoms with van der Waals surface area (Å²) in [5.74, 6) is 0.506. The first kappa shape index (κ1) is 21.3. The maximum absolute atomic E-state index is 13.3.